The Hall–Kier alpha value is -1.26. The second-order valence-electron chi connectivity index (χ2n) is 5.48. The van der Waals surface area contributed by atoms with E-state index in [0.29, 0.717) is 10.8 Å². The Balaban J connectivity index is 2.12. The first kappa shape index (κ1) is 16.1. The molecule has 0 aliphatic carbocycles. The van der Waals surface area contributed by atoms with Crippen molar-refractivity contribution in [2.24, 2.45) is 0 Å². The Bertz CT molecular complexity index is 501. The van der Waals surface area contributed by atoms with Crippen molar-refractivity contribution in [2.75, 3.05) is 20.1 Å². The lowest BCUT2D eigenvalue weighted by atomic mass is 10.1. The summed E-state index contributed by atoms with van der Waals surface area (Å²) in [6.45, 7) is 5.52. The molecule has 0 bridgehead atoms. The van der Waals surface area contributed by atoms with Gasteiger partial charge < -0.3 is 15.0 Å². The van der Waals surface area contributed by atoms with Crippen LogP contribution >= 0.6 is 11.6 Å². The number of nitrogens with zero attached hydrogens (tertiary/aromatic N) is 1. The fourth-order valence-electron chi connectivity index (χ4n) is 2.56. The smallest absolute Gasteiger partial charge is 0.263 e. The van der Waals surface area contributed by atoms with Crippen molar-refractivity contribution in [2.45, 2.75) is 38.8 Å². The first-order valence-corrected chi connectivity index (χ1v) is 7.83. The number of carbonyl (C=O) groups is 1. The number of halogens is 1. The molecule has 1 saturated heterocycles. The molecule has 5 heteroatoms. The van der Waals surface area contributed by atoms with E-state index >= 15 is 0 Å². The minimum atomic E-state index is -0.480. The SMILES string of the molecule is CNC(C)c1cc(Cl)ccc1OC(C)C(=O)N1CCCC1. The van der Waals surface area contributed by atoms with E-state index in [2.05, 4.69) is 5.32 Å². The zero-order chi connectivity index (χ0) is 15.4. The standard InChI is InChI=1S/C16H23ClN2O2/c1-11(18-3)14-10-13(17)6-7-15(14)21-12(2)16(20)19-8-4-5-9-19/h6-7,10-12,18H,4-5,8-9H2,1-3H3. The zero-order valence-corrected chi connectivity index (χ0v) is 13.6. The molecule has 0 saturated carbocycles. The zero-order valence-electron chi connectivity index (χ0n) is 12.9. The number of ether oxygens (including phenoxy) is 1. The van der Waals surface area contributed by atoms with Gasteiger partial charge in [-0.1, -0.05) is 11.6 Å². The first-order chi connectivity index (χ1) is 10.0. The number of likely N-dealkylation sites (tertiary alicyclic amines) is 1. The van der Waals surface area contributed by atoms with Crippen molar-refractivity contribution < 1.29 is 9.53 Å². The molecule has 1 N–H and O–H groups in total. The van der Waals surface area contributed by atoms with Crippen molar-refractivity contribution in [1.29, 1.82) is 0 Å². The van der Waals surface area contributed by atoms with Gasteiger partial charge in [-0.25, -0.2) is 0 Å². The molecule has 21 heavy (non-hydrogen) atoms. The largest absolute Gasteiger partial charge is 0.481 e. The number of hydrogen-bond acceptors (Lipinski definition) is 3. The molecule has 0 spiro atoms. The molecule has 1 aromatic rings. The molecule has 0 aromatic heterocycles. The first-order valence-electron chi connectivity index (χ1n) is 7.45. The van der Waals surface area contributed by atoms with E-state index in [-0.39, 0.29) is 11.9 Å². The Morgan fingerprint density at radius 1 is 1.33 bits per heavy atom. The summed E-state index contributed by atoms with van der Waals surface area (Å²) in [4.78, 5) is 14.2. The van der Waals surface area contributed by atoms with E-state index in [0.717, 1.165) is 31.5 Å². The van der Waals surface area contributed by atoms with Gasteiger partial charge in [0.05, 0.1) is 0 Å². The van der Waals surface area contributed by atoms with Gasteiger partial charge in [0, 0.05) is 29.7 Å². The summed E-state index contributed by atoms with van der Waals surface area (Å²) >= 11 is 6.06. The highest BCUT2D eigenvalue weighted by Crippen LogP contribution is 2.29. The van der Waals surface area contributed by atoms with Gasteiger partial charge in [-0.2, -0.15) is 0 Å². The molecule has 2 atom stereocenters. The average molecular weight is 311 g/mol. The predicted molar refractivity (Wildman–Crippen MR) is 84.8 cm³/mol. The third-order valence-corrected chi connectivity index (χ3v) is 4.18. The Morgan fingerprint density at radius 3 is 2.62 bits per heavy atom. The number of hydrogen-bond donors (Lipinski definition) is 1. The third kappa shape index (κ3) is 3.89. The van der Waals surface area contributed by atoms with Gasteiger partial charge in [0.25, 0.3) is 5.91 Å². The summed E-state index contributed by atoms with van der Waals surface area (Å²) in [5.41, 5.74) is 0.964. The second kappa shape index (κ2) is 7.14. The molecule has 2 unspecified atom stereocenters. The van der Waals surface area contributed by atoms with Crippen LogP contribution in [-0.2, 0) is 4.79 Å². The molecule has 1 heterocycles. The fraction of sp³-hybridized carbons (Fsp3) is 0.562. The molecule has 0 radical (unpaired) electrons. The summed E-state index contributed by atoms with van der Waals surface area (Å²) in [5.74, 6) is 0.770. The number of rotatable bonds is 5. The van der Waals surface area contributed by atoms with E-state index in [1.54, 1.807) is 6.07 Å². The van der Waals surface area contributed by atoms with Crippen LogP contribution in [0.25, 0.3) is 0 Å². The molecule has 116 valence electrons. The van der Waals surface area contributed by atoms with Gasteiger partial charge in [-0.15, -0.1) is 0 Å². The highest BCUT2D eigenvalue weighted by molar-refractivity contribution is 6.30. The van der Waals surface area contributed by atoms with Gasteiger partial charge >= 0.3 is 0 Å². The van der Waals surface area contributed by atoms with Crippen LogP contribution in [0.15, 0.2) is 18.2 Å². The van der Waals surface area contributed by atoms with Gasteiger partial charge in [0.2, 0.25) is 0 Å². The number of benzene rings is 1. The van der Waals surface area contributed by atoms with Crippen molar-refractivity contribution in [3.05, 3.63) is 28.8 Å². The highest BCUT2D eigenvalue weighted by Gasteiger charge is 2.25. The minimum absolute atomic E-state index is 0.0607. The van der Waals surface area contributed by atoms with Gasteiger partial charge in [-0.3, -0.25) is 4.79 Å². The van der Waals surface area contributed by atoms with E-state index < -0.39 is 6.10 Å². The predicted octanol–water partition coefficient (Wildman–Crippen LogP) is 3.01. The monoisotopic (exact) mass is 310 g/mol. The average Bonchev–Trinajstić information content (AvgIpc) is 3.01. The second-order valence-corrected chi connectivity index (χ2v) is 5.92. The number of nitrogens with one attached hydrogen (secondary N) is 1. The molecule has 1 fully saturated rings. The maximum Gasteiger partial charge on any atom is 0.263 e. The van der Waals surface area contributed by atoms with E-state index in [1.165, 1.54) is 0 Å². The van der Waals surface area contributed by atoms with E-state index in [4.69, 9.17) is 16.3 Å². The normalized spacial score (nSPS) is 17.6. The molecule has 1 amide bonds. The Kier molecular flexibility index (Phi) is 5.48. The molecule has 1 aliphatic rings. The number of amides is 1. The Labute approximate surface area is 131 Å². The minimum Gasteiger partial charge on any atom is -0.481 e. The lowest BCUT2D eigenvalue weighted by Gasteiger charge is -2.23. The van der Waals surface area contributed by atoms with Crippen LogP contribution in [0.3, 0.4) is 0 Å². The molecule has 4 nitrogen and oxygen atoms in total. The lowest BCUT2D eigenvalue weighted by molar-refractivity contribution is -0.136. The topological polar surface area (TPSA) is 41.6 Å². The van der Waals surface area contributed by atoms with Crippen molar-refractivity contribution >= 4 is 17.5 Å². The molecule has 2 rings (SSSR count). The van der Waals surface area contributed by atoms with Crippen molar-refractivity contribution in [3.8, 4) is 5.75 Å². The maximum absolute atomic E-state index is 12.3. The van der Waals surface area contributed by atoms with Crippen LogP contribution in [0, 0.1) is 0 Å². The van der Waals surface area contributed by atoms with Gasteiger partial charge in [0.15, 0.2) is 6.10 Å². The van der Waals surface area contributed by atoms with E-state index in [9.17, 15) is 4.79 Å². The highest BCUT2D eigenvalue weighted by atomic mass is 35.5. The summed E-state index contributed by atoms with van der Waals surface area (Å²) in [7, 11) is 1.88. The van der Waals surface area contributed by atoms with E-state index in [1.807, 2.05) is 37.9 Å². The molecular weight excluding hydrogens is 288 g/mol. The summed E-state index contributed by atoms with van der Waals surface area (Å²) in [5, 5.41) is 3.84. The van der Waals surface area contributed by atoms with Crippen LogP contribution in [0.4, 0.5) is 0 Å². The lowest BCUT2D eigenvalue weighted by Crippen LogP contribution is -2.38. The summed E-state index contributed by atoms with van der Waals surface area (Å²) in [6.07, 6.45) is 1.69. The maximum atomic E-state index is 12.3. The quantitative estimate of drug-likeness (QED) is 0.909. The number of carbonyl (C=O) groups excluding carboxylic acids is 1. The van der Waals surface area contributed by atoms with Crippen LogP contribution in [-0.4, -0.2) is 37.0 Å². The van der Waals surface area contributed by atoms with Crippen LogP contribution in [0.2, 0.25) is 5.02 Å². The molecule has 1 aromatic carbocycles. The van der Waals surface area contributed by atoms with Crippen LogP contribution in [0.1, 0.15) is 38.3 Å². The van der Waals surface area contributed by atoms with Gasteiger partial charge in [-0.05, 0) is 51.9 Å². The molecule has 1 aliphatic heterocycles. The van der Waals surface area contributed by atoms with Gasteiger partial charge in [0.1, 0.15) is 5.75 Å². The summed E-state index contributed by atoms with van der Waals surface area (Å²) in [6, 6.07) is 5.60. The third-order valence-electron chi connectivity index (χ3n) is 3.94. The van der Waals surface area contributed by atoms with Crippen LogP contribution < -0.4 is 10.1 Å². The summed E-state index contributed by atoms with van der Waals surface area (Å²) < 4.78 is 5.91. The van der Waals surface area contributed by atoms with Crippen LogP contribution in [0.5, 0.6) is 5.75 Å². The van der Waals surface area contributed by atoms with Crippen molar-refractivity contribution in [1.82, 2.24) is 10.2 Å². The fourth-order valence-corrected chi connectivity index (χ4v) is 2.74. The van der Waals surface area contributed by atoms with Crippen molar-refractivity contribution in [3.63, 3.8) is 0 Å². The Morgan fingerprint density at radius 2 is 2.00 bits per heavy atom. The molecular formula is C16H23ClN2O2.